The highest BCUT2D eigenvalue weighted by molar-refractivity contribution is 7.24. The number of aromatic nitrogens is 1. The maximum absolute atomic E-state index is 12.9. The van der Waals surface area contributed by atoms with Gasteiger partial charge in [0.1, 0.15) is 9.88 Å². The minimum atomic E-state index is 0.139. The Kier molecular flexibility index (Phi) is 4.41. The molecule has 2 fully saturated rings. The summed E-state index contributed by atoms with van der Waals surface area (Å²) in [6, 6.07) is 3.84. The van der Waals surface area contributed by atoms with Crippen molar-refractivity contribution in [2.24, 2.45) is 5.41 Å². The zero-order valence-electron chi connectivity index (χ0n) is 13.6. The smallest absolute Gasteiger partial charge is 0.265 e. The first-order valence-electron chi connectivity index (χ1n) is 8.29. The fourth-order valence-corrected chi connectivity index (χ4v) is 5.81. The van der Waals surface area contributed by atoms with Gasteiger partial charge in [0.05, 0.1) is 14.9 Å². The molecule has 4 heterocycles. The number of halogens is 1. The lowest BCUT2D eigenvalue weighted by molar-refractivity contribution is 0.0611. The Labute approximate surface area is 154 Å². The van der Waals surface area contributed by atoms with Crippen molar-refractivity contribution < 1.29 is 4.79 Å². The average Bonchev–Trinajstić information content (AvgIpc) is 3.28. The van der Waals surface area contributed by atoms with Crippen molar-refractivity contribution in [3.63, 3.8) is 0 Å². The summed E-state index contributed by atoms with van der Waals surface area (Å²) in [5.74, 6) is 0.139. The first kappa shape index (κ1) is 16.5. The van der Waals surface area contributed by atoms with E-state index in [0.29, 0.717) is 5.41 Å². The van der Waals surface area contributed by atoms with Gasteiger partial charge in [-0.1, -0.05) is 11.6 Å². The molecule has 2 aliphatic heterocycles. The molecule has 2 saturated heterocycles. The van der Waals surface area contributed by atoms with E-state index < -0.39 is 0 Å². The van der Waals surface area contributed by atoms with Crippen LogP contribution in [0, 0.1) is 12.3 Å². The molecular formula is C17H20ClN3OS2. The third-order valence-electron chi connectivity index (χ3n) is 5.22. The highest BCUT2D eigenvalue weighted by atomic mass is 35.5. The zero-order chi connectivity index (χ0) is 16.7. The summed E-state index contributed by atoms with van der Waals surface area (Å²) in [5, 5.41) is 4.36. The van der Waals surface area contributed by atoms with Crippen LogP contribution < -0.4 is 5.32 Å². The minimum Gasteiger partial charge on any atom is -0.338 e. The predicted octanol–water partition coefficient (Wildman–Crippen LogP) is 4.05. The summed E-state index contributed by atoms with van der Waals surface area (Å²) in [4.78, 5) is 21.3. The standard InChI is InChI=1S/C17H20ClN3OS2/c1-11-14(24-15(20-11)12-2-3-13(18)23-12)16(22)21-8-5-17(6-9-21)4-7-19-10-17/h2-3,19H,4-10H2,1H3. The molecule has 0 unspecified atom stereocenters. The lowest BCUT2D eigenvalue weighted by atomic mass is 9.78. The third kappa shape index (κ3) is 3.01. The second-order valence-electron chi connectivity index (χ2n) is 6.76. The van der Waals surface area contributed by atoms with E-state index in [1.54, 1.807) is 0 Å². The molecule has 0 aliphatic carbocycles. The van der Waals surface area contributed by atoms with Crippen molar-refractivity contribution in [3.05, 3.63) is 27.0 Å². The summed E-state index contributed by atoms with van der Waals surface area (Å²) in [5.41, 5.74) is 1.26. The molecule has 2 aliphatic rings. The molecule has 2 aromatic rings. The number of piperidine rings is 1. The van der Waals surface area contributed by atoms with Gasteiger partial charge in [0.25, 0.3) is 5.91 Å². The maximum Gasteiger partial charge on any atom is 0.265 e. The van der Waals surface area contributed by atoms with Gasteiger partial charge in [-0.3, -0.25) is 4.79 Å². The molecule has 0 saturated carbocycles. The van der Waals surface area contributed by atoms with Crippen molar-refractivity contribution in [2.45, 2.75) is 26.2 Å². The van der Waals surface area contributed by atoms with Gasteiger partial charge < -0.3 is 10.2 Å². The summed E-state index contributed by atoms with van der Waals surface area (Å²) in [6.45, 7) is 5.87. The number of likely N-dealkylation sites (tertiary alicyclic amines) is 1. The molecule has 24 heavy (non-hydrogen) atoms. The Bertz CT molecular complexity index is 754. The van der Waals surface area contributed by atoms with E-state index >= 15 is 0 Å². The van der Waals surface area contributed by atoms with E-state index in [1.807, 2.05) is 24.0 Å². The monoisotopic (exact) mass is 381 g/mol. The molecule has 0 aromatic carbocycles. The van der Waals surface area contributed by atoms with Gasteiger partial charge in [-0.05, 0) is 50.3 Å². The van der Waals surface area contributed by atoms with Crippen molar-refractivity contribution >= 4 is 40.2 Å². The summed E-state index contributed by atoms with van der Waals surface area (Å²) in [7, 11) is 0. The van der Waals surface area contributed by atoms with Crippen molar-refractivity contribution in [1.29, 1.82) is 0 Å². The van der Waals surface area contributed by atoms with Crippen molar-refractivity contribution in [3.8, 4) is 9.88 Å². The Morgan fingerprint density at radius 1 is 1.29 bits per heavy atom. The van der Waals surface area contributed by atoms with Crippen molar-refractivity contribution in [2.75, 3.05) is 26.2 Å². The second-order valence-corrected chi connectivity index (χ2v) is 9.47. The highest BCUT2D eigenvalue weighted by Crippen LogP contribution is 2.39. The van der Waals surface area contributed by atoms with Gasteiger partial charge in [-0.15, -0.1) is 22.7 Å². The minimum absolute atomic E-state index is 0.139. The van der Waals surface area contributed by atoms with E-state index in [9.17, 15) is 4.79 Å². The fourth-order valence-electron chi connectivity index (χ4n) is 3.68. The number of carbonyl (C=O) groups excluding carboxylic acids is 1. The number of hydrogen-bond donors (Lipinski definition) is 1. The number of carbonyl (C=O) groups is 1. The lowest BCUT2D eigenvalue weighted by Crippen LogP contribution is -2.44. The number of thiazole rings is 1. The quantitative estimate of drug-likeness (QED) is 0.853. The van der Waals surface area contributed by atoms with Crippen molar-refractivity contribution in [1.82, 2.24) is 15.2 Å². The Morgan fingerprint density at radius 3 is 2.71 bits per heavy atom. The maximum atomic E-state index is 12.9. The van der Waals surface area contributed by atoms with Crippen LogP contribution in [0.4, 0.5) is 0 Å². The second kappa shape index (κ2) is 6.41. The van der Waals surface area contributed by atoms with Crippen LogP contribution >= 0.6 is 34.3 Å². The van der Waals surface area contributed by atoms with Crippen LogP contribution in [0.15, 0.2) is 12.1 Å². The highest BCUT2D eigenvalue weighted by Gasteiger charge is 2.38. The van der Waals surface area contributed by atoms with E-state index in [1.165, 1.54) is 29.1 Å². The molecule has 0 bridgehead atoms. The molecule has 0 atom stereocenters. The summed E-state index contributed by atoms with van der Waals surface area (Å²) in [6.07, 6.45) is 3.46. The predicted molar refractivity (Wildman–Crippen MR) is 100 cm³/mol. The lowest BCUT2D eigenvalue weighted by Gasteiger charge is -2.38. The number of nitrogens with one attached hydrogen (secondary N) is 1. The van der Waals surface area contributed by atoms with Gasteiger partial charge in [-0.25, -0.2) is 4.98 Å². The third-order valence-corrected chi connectivity index (χ3v) is 7.76. The van der Waals surface area contributed by atoms with Crippen LogP contribution in [-0.2, 0) is 0 Å². The Hall–Kier alpha value is -0.950. The zero-order valence-corrected chi connectivity index (χ0v) is 16.0. The molecule has 7 heteroatoms. The Morgan fingerprint density at radius 2 is 2.08 bits per heavy atom. The number of rotatable bonds is 2. The van der Waals surface area contributed by atoms with Gasteiger partial charge >= 0.3 is 0 Å². The summed E-state index contributed by atoms with van der Waals surface area (Å²) < 4.78 is 0.747. The summed E-state index contributed by atoms with van der Waals surface area (Å²) >= 11 is 9.01. The van der Waals surface area contributed by atoms with Gasteiger partial charge in [-0.2, -0.15) is 0 Å². The van der Waals surface area contributed by atoms with Crippen LogP contribution in [0.25, 0.3) is 9.88 Å². The number of hydrogen-bond acceptors (Lipinski definition) is 5. The normalized spacial score (nSPS) is 20.0. The van der Waals surface area contributed by atoms with E-state index in [4.69, 9.17) is 11.6 Å². The molecular weight excluding hydrogens is 362 g/mol. The molecule has 1 spiro atoms. The molecule has 128 valence electrons. The molecule has 1 amide bonds. The van der Waals surface area contributed by atoms with E-state index in [2.05, 4.69) is 10.3 Å². The first-order chi connectivity index (χ1) is 11.6. The topological polar surface area (TPSA) is 45.2 Å². The number of amides is 1. The molecule has 4 rings (SSSR count). The SMILES string of the molecule is Cc1nc(-c2ccc(Cl)s2)sc1C(=O)N1CCC2(CCNC2)CC1. The van der Waals surface area contributed by atoms with Crippen LogP contribution in [0.3, 0.4) is 0 Å². The molecule has 4 nitrogen and oxygen atoms in total. The average molecular weight is 382 g/mol. The van der Waals surface area contributed by atoms with Crippen LogP contribution in [0.2, 0.25) is 4.34 Å². The van der Waals surface area contributed by atoms with Crippen LogP contribution in [0.1, 0.15) is 34.6 Å². The van der Waals surface area contributed by atoms with Gasteiger partial charge in [0.2, 0.25) is 0 Å². The molecule has 0 radical (unpaired) electrons. The Balaban J connectivity index is 1.50. The fraction of sp³-hybridized carbons (Fsp3) is 0.529. The van der Waals surface area contributed by atoms with E-state index in [-0.39, 0.29) is 5.91 Å². The van der Waals surface area contributed by atoms with Crippen LogP contribution in [0.5, 0.6) is 0 Å². The largest absolute Gasteiger partial charge is 0.338 e. The molecule has 1 N–H and O–H groups in total. The first-order valence-corrected chi connectivity index (χ1v) is 10.3. The van der Waals surface area contributed by atoms with Crippen LogP contribution in [-0.4, -0.2) is 42.0 Å². The molecule has 2 aromatic heterocycles. The van der Waals surface area contributed by atoms with E-state index in [0.717, 1.165) is 63.8 Å². The number of aryl methyl sites for hydroxylation is 1. The number of thiophene rings is 1. The number of nitrogens with zero attached hydrogens (tertiary/aromatic N) is 2. The van der Waals surface area contributed by atoms with Gasteiger partial charge in [0.15, 0.2) is 0 Å². The van der Waals surface area contributed by atoms with Gasteiger partial charge in [0, 0.05) is 19.6 Å².